The van der Waals surface area contributed by atoms with Gasteiger partial charge in [0.05, 0.1) is 21.2 Å². The number of anilines is 10. The zero-order valence-electron chi connectivity index (χ0n) is 45.2. The number of unbranched alkanes of at least 4 members (excludes halogenated alkanes) is 4. The molecule has 30 nitrogen and oxygen atoms in total. The molecule has 2 aromatic heterocycles. The molecule has 0 amide bonds. The molecule has 0 atom stereocenters. The van der Waals surface area contributed by atoms with Crippen LogP contribution in [0.5, 0.6) is 0 Å². The van der Waals surface area contributed by atoms with Crippen LogP contribution in [0, 0.1) is 0 Å². The van der Waals surface area contributed by atoms with Crippen LogP contribution in [0.4, 0.5) is 58.4 Å². The quantitative estimate of drug-likeness (QED) is 0.0154. The van der Waals surface area contributed by atoms with Gasteiger partial charge in [-0.05, 0) is 97.5 Å². The standard InChI is InChI=1S/C48H60N12O18S6/c1-5-9-23-59(24-10-6-2)47-55-43(53-45(57-47)51-37-29-35(79(61,62)63)19-21-39(37)81(67,68)69)49-33-17-15-31(41(27-33)83(73,74)75)13-14-32-16-18-34(28-42(32)84(76,77)78)50-44-54-46(58-48(56-44)60(25-11-7-3)26-12-8-4)52-38-30-36(80(64,65)66)20-22-40(38)82(70,71)72/h13-22,27-30H,5-12,23-26H2,1-4H3,(H,61,62,63)(H,64,65,66)(H,67,68,69)(H,70,71,72)(H,73,74,75)(H,76,77,78)(H2,49,51,53,55,57)(H2,50,52,54,56,58)/b14-13+. The van der Waals surface area contributed by atoms with Gasteiger partial charge in [-0.15, -0.1) is 0 Å². The van der Waals surface area contributed by atoms with Gasteiger partial charge in [-0.1, -0.05) is 77.7 Å². The van der Waals surface area contributed by atoms with Gasteiger partial charge in [-0.3, -0.25) is 27.3 Å². The smallest absolute Gasteiger partial charge is 0.296 e. The van der Waals surface area contributed by atoms with Crippen molar-refractivity contribution in [2.75, 3.05) is 57.2 Å². The molecule has 6 aromatic rings. The monoisotopic (exact) mass is 1280 g/mol. The van der Waals surface area contributed by atoms with E-state index in [1.54, 1.807) is 9.80 Å². The number of hydrogen-bond acceptors (Lipinski definition) is 24. The Morgan fingerprint density at radius 1 is 0.369 bits per heavy atom. The molecule has 0 fully saturated rings. The summed E-state index contributed by atoms with van der Waals surface area (Å²) in [6, 6.07) is 11.3. The molecular weight excluding hydrogens is 1220 g/mol. The molecular formula is C48H60N12O18S6. The maximum Gasteiger partial charge on any atom is 0.296 e. The van der Waals surface area contributed by atoms with Crippen molar-refractivity contribution in [2.24, 2.45) is 0 Å². The molecule has 2 heterocycles. The van der Waals surface area contributed by atoms with E-state index in [9.17, 15) is 77.8 Å². The maximum atomic E-state index is 13.0. The van der Waals surface area contributed by atoms with Crippen molar-refractivity contribution in [2.45, 2.75) is 108 Å². The van der Waals surface area contributed by atoms with Crippen LogP contribution in [0.2, 0.25) is 0 Å². The van der Waals surface area contributed by atoms with Gasteiger partial charge in [-0.25, -0.2) is 0 Å². The van der Waals surface area contributed by atoms with E-state index in [-0.39, 0.29) is 46.3 Å². The summed E-state index contributed by atoms with van der Waals surface area (Å²) in [7, 11) is -30.1. The minimum Gasteiger partial charge on any atom is -0.341 e. The third-order valence-corrected chi connectivity index (χ3v) is 17.4. The minimum atomic E-state index is -5.12. The van der Waals surface area contributed by atoms with Crippen molar-refractivity contribution >= 4 is 131 Å². The Bertz CT molecular complexity index is 3860. The van der Waals surface area contributed by atoms with Crippen molar-refractivity contribution in [1.82, 2.24) is 29.9 Å². The van der Waals surface area contributed by atoms with Gasteiger partial charge in [0, 0.05) is 37.6 Å². The number of hydrogen-bond donors (Lipinski definition) is 10. The highest BCUT2D eigenvalue weighted by Gasteiger charge is 2.26. The Kier molecular flexibility index (Phi) is 21.5. The second kappa shape index (κ2) is 27.3. The number of aromatic nitrogens is 6. The first-order valence-electron chi connectivity index (χ1n) is 25.4. The molecule has 0 unspecified atom stereocenters. The molecule has 36 heteroatoms. The summed E-state index contributed by atoms with van der Waals surface area (Å²) in [6.45, 7) is 9.46. The highest BCUT2D eigenvalue weighted by molar-refractivity contribution is 7.87. The van der Waals surface area contributed by atoms with Crippen molar-refractivity contribution in [3.63, 3.8) is 0 Å². The fourth-order valence-corrected chi connectivity index (χ4v) is 11.6. The summed E-state index contributed by atoms with van der Waals surface area (Å²) < 4.78 is 210. The first kappa shape index (κ1) is 66.0. The van der Waals surface area contributed by atoms with Crippen LogP contribution < -0.4 is 31.1 Å². The Labute approximate surface area is 485 Å². The second-order valence-corrected chi connectivity index (χ2v) is 26.9. The predicted octanol–water partition coefficient (Wildman–Crippen LogP) is 7.49. The van der Waals surface area contributed by atoms with Crippen molar-refractivity contribution in [3.8, 4) is 0 Å². The van der Waals surface area contributed by atoms with E-state index in [4.69, 9.17) is 0 Å². The molecule has 0 saturated carbocycles. The second-order valence-electron chi connectivity index (χ2n) is 18.5. The van der Waals surface area contributed by atoms with Crippen molar-refractivity contribution in [1.29, 1.82) is 0 Å². The molecule has 0 aliphatic rings. The molecule has 6 rings (SSSR count). The van der Waals surface area contributed by atoms with E-state index in [1.165, 1.54) is 24.3 Å². The summed E-state index contributed by atoms with van der Waals surface area (Å²) >= 11 is 0. The van der Waals surface area contributed by atoms with E-state index >= 15 is 0 Å². The molecule has 0 aliphatic heterocycles. The Hall–Kier alpha value is -7.10. The van der Waals surface area contributed by atoms with Crippen LogP contribution >= 0.6 is 0 Å². The van der Waals surface area contributed by atoms with E-state index in [1.807, 2.05) is 27.7 Å². The van der Waals surface area contributed by atoms with E-state index < -0.39 is 113 Å². The lowest BCUT2D eigenvalue weighted by Crippen LogP contribution is -2.28. The van der Waals surface area contributed by atoms with Gasteiger partial charge < -0.3 is 31.1 Å². The van der Waals surface area contributed by atoms with Gasteiger partial charge in [0.15, 0.2) is 0 Å². The lowest BCUT2D eigenvalue weighted by molar-refractivity contribution is 0.479. The summed E-state index contributed by atoms with van der Waals surface area (Å²) in [5, 5.41) is 10.7. The lowest BCUT2D eigenvalue weighted by atomic mass is 10.1. The van der Waals surface area contributed by atoms with E-state index in [0.717, 1.165) is 74.2 Å². The van der Waals surface area contributed by atoms with Gasteiger partial charge in [0.1, 0.15) is 19.6 Å². The van der Waals surface area contributed by atoms with Gasteiger partial charge in [-0.2, -0.15) is 80.4 Å². The molecule has 0 radical (unpaired) electrons. The number of rotatable bonds is 30. The van der Waals surface area contributed by atoms with Crippen LogP contribution in [0.25, 0.3) is 12.2 Å². The number of benzene rings is 4. The molecule has 84 heavy (non-hydrogen) atoms. The van der Waals surface area contributed by atoms with E-state index in [0.29, 0.717) is 64.0 Å². The normalized spacial score (nSPS) is 12.5. The molecule has 4 aromatic carbocycles. The van der Waals surface area contributed by atoms with E-state index in [2.05, 4.69) is 51.2 Å². The summed E-state index contributed by atoms with van der Waals surface area (Å²) in [6.07, 6.45) is 7.87. The number of nitrogens with zero attached hydrogens (tertiary/aromatic N) is 8. The molecule has 0 saturated heterocycles. The third-order valence-electron chi connectivity index (χ3n) is 12.0. The van der Waals surface area contributed by atoms with Gasteiger partial charge in [0.25, 0.3) is 60.7 Å². The summed E-state index contributed by atoms with van der Waals surface area (Å²) in [4.78, 5) is 25.3. The van der Waals surface area contributed by atoms with Crippen molar-refractivity contribution < 1.29 is 77.8 Å². The number of nitrogens with one attached hydrogen (secondary N) is 4. The Morgan fingerprint density at radius 2 is 0.667 bits per heavy atom. The first-order valence-corrected chi connectivity index (χ1v) is 34.0. The highest BCUT2D eigenvalue weighted by atomic mass is 32.2. The van der Waals surface area contributed by atoms with Crippen LogP contribution in [0.1, 0.15) is 90.2 Å². The Balaban J connectivity index is 1.39. The first-order chi connectivity index (χ1) is 39.2. The van der Waals surface area contributed by atoms with Gasteiger partial charge >= 0.3 is 0 Å². The topological polar surface area (TPSA) is 458 Å². The fraction of sp³-hybridized carbons (Fsp3) is 0.333. The average molecular weight is 1290 g/mol. The maximum absolute atomic E-state index is 13.0. The van der Waals surface area contributed by atoms with Crippen LogP contribution in [0.3, 0.4) is 0 Å². The SMILES string of the molecule is CCCCN(CCCC)c1nc(Nc2ccc(/C=C/c3ccc(Nc4nc(Nc5cc(S(=O)(=O)O)ccc5S(=O)(=O)O)nc(N(CCCC)CCCC)n4)cc3S(=O)(=O)O)c(S(=O)(=O)O)c2)nc(Nc2cc(S(=O)(=O)O)ccc2S(=O)(=O)O)n1. The van der Waals surface area contributed by atoms with Gasteiger partial charge in [0.2, 0.25) is 35.7 Å². The summed E-state index contributed by atoms with van der Waals surface area (Å²) in [5.74, 6) is -1.43. The molecule has 456 valence electrons. The average Bonchev–Trinajstić information content (AvgIpc) is 2.79. The van der Waals surface area contributed by atoms with Crippen molar-refractivity contribution in [3.05, 3.63) is 83.9 Å². The summed E-state index contributed by atoms with van der Waals surface area (Å²) in [5.41, 5.74) is -1.76. The predicted molar refractivity (Wildman–Crippen MR) is 310 cm³/mol. The zero-order valence-corrected chi connectivity index (χ0v) is 50.1. The molecule has 0 aliphatic carbocycles. The third kappa shape index (κ3) is 18.2. The highest BCUT2D eigenvalue weighted by Crippen LogP contribution is 2.33. The van der Waals surface area contributed by atoms with Crippen LogP contribution in [-0.4, -0.2) is 134 Å². The van der Waals surface area contributed by atoms with Crippen LogP contribution in [-0.2, 0) is 60.7 Å². The zero-order chi connectivity index (χ0) is 62.0. The lowest BCUT2D eigenvalue weighted by Gasteiger charge is -2.23. The largest absolute Gasteiger partial charge is 0.341 e. The fourth-order valence-electron chi connectivity index (χ4n) is 7.86. The molecule has 0 spiro atoms. The Morgan fingerprint density at radius 3 is 0.940 bits per heavy atom. The molecule has 0 bridgehead atoms. The molecule has 10 N–H and O–H groups in total. The van der Waals surface area contributed by atoms with Crippen LogP contribution in [0.15, 0.2) is 102 Å². The minimum absolute atomic E-state index is 0.0111.